The lowest BCUT2D eigenvalue weighted by Gasteiger charge is -2.23. The first-order valence-corrected chi connectivity index (χ1v) is 9.09. The quantitative estimate of drug-likeness (QED) is 0.569. The number of carbonyl (C=O) groups is 1. The van der Waals surface area contributed by atoms with Gasteiger partial charge in [0.05, 0.1) is 6.54 Å². The molecule has 0 spiro atoms. The van der Waals surface area contributed by atoms with Crippen LogP contribution in [0.25, 0.3) is 0 Å². The SMILES string of the molecule is CCCCCCCCCC1CC(=O)CN1Cc1ccccc1. The van der Waals surface area contributed by atoms with Crippen LogP contribution in [0.5, 0.6) is 0 Å². The molecular formula is C20H31NO. The van der Waals surface area contributed by atoms with E-state index in [1.807, 2.05) is 0 Å². The predicted octanol–water partition coefficient (Wildman–Crippen LogP) is 4.97. The number of unbranched alkanes of at least 4 members (excludes halogenated alkanes) is 6. The smallest absolute Gasteiger partial charge is 0.148 e. The van der Waals surface area contributed by atoms with Crippen LogP contribution in [-0.4, -0.2) is 23.3 Å². The third-order valence-electron chi connectivity index (χ3n) is 4.73. The van der Waals surface area contributed by atoms with Gasteiger partial charge in [0.2, 0.25) is 0 Å². The molecule has 0 N–H and O–H groups in total. The monoisotopic (exact) mass is 301 g/mol. The Balaban J connectivity index is 1.68. The molecule has 1 fully saturated rings. The van der Waals surface area contributed by atoms with Crippen molar-refractivity contribution in [2.45, 2.75) is 77.3 Å². The van der Waals surface area contributed by atoms with Gasteiger partial charge in [-0.05, 0) is 12.0 Å². The van der Waals surface area contributed by atoms with E-state index >= 15 is 0 Å². The second-order valence-corrected chi connectivity index (χ2v) is 6.70. The summed E-state index contributed by atoms with van der Waals surface area (Å²) in [7, 11) is 0. The van der Waals surface area contributed by atoms with Gasteiger partial charge in [0.15, 0.2) is 0 Å². The molecule has 0 amide bonds. The number of hydrogen-bond acceptors (Lipinski definition) is 2. The molecule has 0 bridgehead atoms. The second kappa shape index (κ2) is 9.78. The molecular weight excluding hydrogens is 270 g/mol. The Morgan fingerprint density at radius 1 is 1.00 bits per heavy atom. The van der Waals surface area contributed by atoms with Crippen molar-refractivity contribution in [3.63, 3.8) is 0 Å². The number of hydrogen-bond donors (Lipinski definition) is 0. The third-order valence-corrected chi connectivity index (χ3v) is 4.73. The van der Waals surface area contributed by atoms with Gasteiger partial charge in [-0.3, -0.25) is 9.69 Å². The van der Waals surface area contributed by atoms with E-state index in [-0.39, 0.29) is 0 Å². The summed E-state index contributed by atoms with van der Waals surface area (Å²) in [6.45, 7) is 3.84. The van der Waals surface area contributed by atoms with Gasteiger partial charge >= 0.3 is 0 Å². The maximum absolute atomic E-state index is 11.8. The molecule has 1 unspecified atom stereocenters. The van der Waals surface area contributed by atoms with Crippen LogP contribution in [0.3, 0.4) is 0 Å². The topological polar surface area (TPSA) is 20.3 Å². The first-order valence-electron chi connectivity index (χ1n) is 9.09. The number of rotatable bonds is 10. The number of likely N-dealkylation sites (tertiary alicyclic amines) is 1. The summed E-state index contributed by atoms with van der Waals surface area (Å²) in [5, 5.41) is 0. The fraction of sp³-hybridized carbons (Fsp3) is 0.650. The Hall–Kier alpha value is -1.15. The number of carbonyl (C=O) groups excluding carboxylic acids is 1. The third kappa shape index (κ3) is 5.92. The Bertz CT molecular complexity index is 429. The van der Waals surface area contributed by atoms with Gasteiger partial charge in [-0.1, -0.05) is 82.2 Å². The predicted molar refractivity (Wildman–Crippen MR) is 92.9 cm³/mol. The van der Waals surface area contributed by atoms with Crippen molar-refractivity contribution in [3.8, 4) is 0 Å². The van der Waals surface area contributed by atoms with Crippen LogP contribution < -0.4 is 0 Å². The highest BCUT2D eigenvalue weighted by atomic mass is 16.1. The van der Waals surface area contributed by atoms with Gasteiger partial charge in [0, 0.05) is 19.0 Å². The lowest BCUT2D eigenvalue weighted by molar-refractivity contribution is -0.117. The van der Waals surface area contributed by atoms with Crippen LogP contribution in [-0.2, 0) is 11.3 Å². The van der Waals surface area contributed by atoms with Crippen LogP contribution >= 0.6 is 0 Å². The lowest BCUT2D eigenvalue weighted by atomic mass is 10.0. The molecule has 0 saturated carbocycles. The first-order chi connectivity index (χ1) is 10.8. The summed E-state index contributed by atoms with van der Waals surface area (Å²) in [5.41, 5.74) is 1.32. The minimum absolute atomic E-state index is 0.420. The number of nitrogens with zero attached hydrogens (tertiary/aromatic N) is 1. The molecule has 2 rings (SSSR count). The fourth-order valence-corrected chi connectivity index (χ4v) is 3.44. The van der Waals surface area contributed by atoms with Crippen molar-refractivity contribution < 1.29 is 4.79 Å². The molecule has 22 heavy (non-hydrogen) atoms. The molecule has 1 atom stereocenters. The zero-order valence-corrected chi connectivity index (χ0v) is 14.1. The standard InChI is InChI=1S/C20H31NO/c1-2-3-4-5-6-7-11-14-19-15-20(22)17-21(19)16-18-12-9-8-10-13-18/h8-10,12-13,19H,2-7,11,14-17H2,1H3. The summed E-state index contributed by atoms with van der Waals surface area (Å²) in [6.07, 6.45) is 11.4. The molecule has 122 valence electrons. The lowest BCUT2D eigenvalue weighted by Crippen LogP contribution is -2.29. The maximum atomic E-state index is 11.8. The van der Waals surface area contributed by atoms with Crippen LogP contribution in [0.1, 0.15) is 70.3 Å². The van der Waals surface area contributed by atoms with Crippen LogP contribution in [0.15, 0.2) is 30.3 Å². The van der Waals surface area contributed by atoms with Crippen molar-refractivity contribution in [3.05, 3.63) is 35.9 Å². The molecule has 0 aliphatic carbocycles. The summed E-state index contributed by atoms with van der Waals surface area (Å²) in [4.78, 5) is 14.2. The normalized spacial score (nSPS) is 19.0. The summed E-state index contributed by atoms with van der Waals surface area (Å²) in [6, 6.07) is 11.0. The fourth-order valence-electron chi connectivity index (χ4n) is 3.44. The minimum atomic E-state index is 0.420. The van der Waals surface area contributed by atoms with E-state index in [4.69, 9.17) is 0 Å². The number of ketones is 1. The molecule has 1 aliphatic rings. The largest absolute Gasteiger partial charge is 0.298 e. The highest BCUT2D eigenvalue weighted by molar-refractivity contribution is 5.83. The molecule has 1 saturated heterocycles. The van der Waals surface area contributed by atoms with E-state index in [0.717, 1.165) is 13.0 Å². The Morgan fingerprint density at radius 3 is 2.41 bits per heavy atom. The first kappa shape index (κ1) is 17.2. The molecule has 0 aromatic heterocycles. The molecule has 0 radical (unpaired) electrons. The molecule has 1 aromatic rings. The number of Topliss-reactive ketones (excluding diaryl/α,β-unsaturated/α-hetero) is 1. The van der Waals surface area contributed by atoms with Crippen molar-refractivity contribution >= 4 is 5.78 Å². The van der Waals surface area contributed by atoms with Crippen molar-refractivity contribution in [2.75, 3.05) is 6.54 Å². The van der Waals surface area contributed by atoms with Gasteiger partial charge in [-0.2, -0.15) is 0 Å². The van der Waals surface area contributed by atoms with Crippen LogP contribution in [0, 0.1) is 0 Å². The van der Waals surface area contributed by atoms with Gasteiger partial charge < -0.3 is 0 Å². The highest BCUT2D eigenvalue weighted by Crippen LogP contribution is 2.23. The summed E-state index contributed by atoms with van der Waals surface area (Å²) < 4.78 is 0. The highest BCUT2D eigenvalue weighted by Gasteiger charge is 2.29. The van der Waals surface area contributed by atoms with Gasteiger partial charge in [-0.15, -0.1) is 0 Å². The van der Waals surface area contributed by atoms with E-state index < -0.39 is 0 Å². The molecule has 1 aromatic carbocycles. The number of benzene rings is 1. The minimum Gasteiger partial charge on any atom is -0.298 e. The molecule has 1 aliphatic heterocycles. The second-order valence-electron chi connectivity index (χ2n) is 6.70. The van der Waals surface area contributed by atoms with Crippen molar-refractivity contribution in [2.24, 2.45) is 0 Å². The summed E-state index contributed by atoms with van der Waals surface area (Å²) in [5.74, 6) is 0.420. The summed E-state index contributed by atoms with van der Waals surface area (Å²) >= 11 is 0. The Labute approximate surface area is 135 Å². The Morgan fingerprint density at radius 2 is 1.68 bits per heavy atom. The van der Waals surface area contributed by atoms with Gasteiger partial charge in [0.25, 0.3) is 0 Å². The zero-order chi connectivity index (χ0) is 15.6. The van der Waals surface area contributed by atoms with E-state index in [1.54, 1.807) is 0 Å². The van der Waals surface area contributed by atoms with E-state index in [2.05, 4.69) is 42.2 Å². The van der Waals surface area contributed by atoms with E-state index in [1.165, 1.54) is 56.9 Å². The average Bonchev–Trinajstić information content (AvgIpc) is 2.87. The van der Waals surface area contributed by atoms with Crippen molar-refractivity contribution in [1.29, 1.82) is 0 Å². The van der Waals surface area contributed by atoms with E-state index in [0.29, 0.717) is 18.4 Å². The van der Waals surface area contributed by atoms with Crippen molar-refractivity contribution in [1.82, 2.24) is 4.90 Å². The van der Waals surface area contributed by atoms with E-state index in [9.17, 15) is 4.79 Å². The zero-order valence-electron chi connectivity index (χ0n) is 14.1. The molecule has 2 heteroatoms. The average molecular weight is 301 g/mol. The van der Waals surface area contributed by atoms with Gasteiger partial charge in [-0.25, -0.2) is 0 Å². The maximum Gasteiger partial charge on any atom is 0.148 e. The molecule has 2 nitrogen and oxygen atoms in total. The molecule has 1 heterocycles. The Kier molecular flexibility index (Phi) is 7.65. The van der Waals surface area contributed by atoms with Crippen LogP contribution in [0.4, 0.5) is 0 Å². The van der Waals surface area contributed by atoms with Crippen LogP contribution in [0.2, 0.25) is 0 Å². The van der Waals surface area contributed by atoms with Gasteiger partial charge in [0.1, 0.15) is 5.78 Å².